The van der Waals surface area contributed by atoms with Crippen molar-refractivity contribution in [2.24, 2.45) is 5.11 Å². The zero-order valence-corrected chi connectivity index (χ0v) is 10.1. The zero-order chi connectivity index (χ0) is 13.8. The van der Waals surface area contributed by atoms with Crippen molar-refractivity contribution in [2.75, 3.05) is 7.11 Å². The first-order valence-electron chi connectivity index (χ1n) is 5.19. The largest absolute Gasteiger partial charge is 0.467 e. The number of benzene rings is 1. The normalized spacial score (nSPS) is 13.5. The summed E-state index contributed by atoms with van der Waals surface area (Å²) in [6, 6.07) is 5.32. The van der Waals surface area contributed by atoms with Gasteiger partial charge >= 0.3 is 5.97 Å². The Hall–Kier alpha value is -2.11. The van der Waals surface area contributed by atoms with Gasteiger partial charge in [-0.25, -0.2) is 14.7 Å². The predicted molar refractivity (Wildman–Crippen MR) is 60.7 cm³/mol. The topological polar surface area (TPSA) is 79.6 Å². The van der Waals surface area contributed by atoms with Gasteiger partial charge in [0.2, 0.25) is 5.54 Å². The Balaban J connectivity index is 2.90. The van der Waals surface area contributed by atoms with Crippen LogP contribution in [0.15, 0.2) is 29.4 Å². The molecular weight excluding hydrogens is 239 g/mol. The molecule has 0 saturated carbocycles. The Morgan fingerprint density at radius 3 is 2.39 bits per heavy atom. The van der Waals surface area contributed by atoms with Gasteiger partial charge in [0.1, 0.15) is 5.82 Å². The Morgan fingerprint density at radius 1 is 1.39 bits per heavy atom. The van der Waals surface area contributed by atoms with Crippen molar-refractivity contribution < 1.29 is 18.7 Å². The van der Waals surface area contributed by atoms with E-state index in [1.807, 2.05) is 0 Å². The van der Waals surface area contributed by atoms with Gasteiger partial charge in [-0.2, -0.15) is 5.11 Å². The lowest BCUT2D eigenvalue weighted by molar-refractivity contribution is -0.150. The number of hydrogen-bond donors (Lipinski definition) is 1. The summed E-state index contributed by atoms with van der Waals surface area (Å²) in [4.78, 5) is 23.4. The Bertz CT molecular complexity index is 473. The quantitative estimate of drug-likeness (QED) is 0.493. The predicted octanol–water partition coefficient (Wildman–Crippen LogP) is 1.90. The highest BCUT2D eigenvalue weighted by molar-refractivity contribution is 6.08. The summed E-state index contributed by atoms with van der Waals surface area (Å²) in [5.41, 5.74) is 5.66. The molecule has 1 rings (SSSR count). The molecule has 18 heavy (non-hydrogen) atoms. The average Bonchev–Trinajstić information content (AvgIpc) is 2.39. The van der Waals surface area contributed by atoms with Gasteiger partial charge in [0, 0.05) is 6.42 Å². The van der Waals surface area contributed by atoms with E-state index in [0.717, 1.165) is 7.11 Å². The Kier molecular flexibility index (Phi) is 4.25. The molecule has 0 heterocycles. The molecule has 1 atom stereocenters. The van der Waals surface area contributed by atoms with Crippen molar-refractivity contribution in [3.05, 3.63) is 35.6 Å². The third kappa shape index (κ3) is 2.77. The van der Waals surface area contributed by atoms with E-state index in [1.54, 1.807) is 0 Å². The molecule has 0 aliphatic rings. The molecule has 96 valence electrons. The first kappa shape index (κ1) is 14.0. The van der Waals surface area contributed by atoms with Crippen LogP contribution in [-0.4, -0.2) is 24.4 Å². The van der Waals surface area contributed by atoms with Crippen LogP contribution in [0.25, 0.3) is 0 Å². The summed E-state index contributed by atoms with van der Waals surface area (Å²) in [7, 11) is 1.12. The number of nitrogens with one attached hydrogen (secondary N) is 1. The third-order valence-corrected chi connectivity index (χ3v) is 2.63. The molecule has 1 unspecified atom stereocenters. The number of halogens is 1. The van der Waals surface area contributed by atoms with Crippen molar-refractivity contribution in [2.45, 2.75) is 18.9 Å². The second kappa shape index (κ2) is 5.48. The minimum absolute atomic E-state index is 0.117. The molecule has 1 N–H and O–H groups in total. The molecule has 0 radical (unpaired) electrons. The lowest BCUT2D eigenvalue weighted by Gasteiger charge is -2.18. The van der Waals surface area contributed by atoms with Crippen LogP contribution in [-0.2, 0) is 20.7 Å². The van der Waals surface area contributed by atoms with Crippen LogP contribution in [0.1, 0.15) is 12.5 Å². The van der Waals surface area contributed by atoms with Gasteiger partial charge in [-0.15, -0.1) is 0 Å². The fourth-order valence-corrected chi connectivity index (χ4v) is 1.38. The van der Waals surface area contributed by atoms with E-state index in [0.29, 0.717) is 5.56 Å². The second-order valence-corrected chi connectivity index (χ2v) is 3.90. The number of ketones is 1. The first-order valence-corrected chi connectivity index (χ1v) is 5.19. The second-order valence-electron chi connectivity index (χ2n) is 3.90. The van der Waals surface area contributed by atoms with E-state index in [4.69, 9.17) is 5.53 Å². The van der Waals surface area contributed by atoms with Crippen molar-refractivity contribution in [1.29, 1.82) is 5.53 Å². The molecule has 0 fully saturated rings. The maximum Gasteiger partial charge on any atom is 0.343 e. The molecule has 5 nitrogen and oxygen atoms in total. The minimum Gasteiger partial charge on any atom is -0.467 e. The Labute approximate surface area is 103 Å². The fourth-order valence-electron chi connectivity index (χ4n) is 1.38. The van der Waals surface area contributed by atoms with Crippen molar-refractivity contribution in [3.63, 3.8) is 0 Å². The van der Waals surface area contributed by atoms with Gasteiger partial charge < -0.3 is 4.74 Å². The summed E-state index contributed by atoms with van der Waals surface area (Å²) >= 11 is 0. The SMILES string of the molecule is COC(=O)C(C)(N=N)C(=O)Cc1ccc(F)cc1. The minimum atomic E-state index is -1.84. The van der Waals surface area contributed by atoms with Crippen LogP contribution >= 0.6 is 0 Å². The highest BCUT2D eigenvalue weighted by Gasteiger charge is 2.42. The van der Waals surface area contributed by atoms with Crippen LogP contribution in [0.4, 0.5) is 4.39 Å². The molecule has 0 aromatic heterocycles. The molecule has 0 aliphatic carbocycles. The third-order valence-electron chi connectivity index (χ3n) is 2.63. The van der Waals surface area contributed by atoms with Gasteiger partial charge in [-0.1, -0.05) is 12.1 Å². The van der Waals surface area contributed by atoms with E-state index in [-0.39, 0.29) is 6.42 Å². The summed E-state index contributed by atoms with van der Waals surface area (Å²) in [5, 5.41) is 3.06. The number of ether oxygens (including phenoxy) is 1. The number of esters is 1. The van der Waals surface area contributed by atoms with Crippen molar-refractivity contribution in [1.82, 2.24) is 0 Å². The molecule has 0 amide bonds. The van der Waals surface area contributed by atoms with E-state index >= 15 is 0 Å². The lowest BCUT2D eigenvalue weighted by Crippen LogP contribution is -2.43. The summed E-state index contributed by atoms with van der Waals surface area (Å²) < 4.78 is 17.2. The number of methoxy groups -OCH3 is 1. The molecule has 1 aromatic rings. The van der Waals surface area contributed by atoms with Crippen molar-refractivity contribution in [3.8, 4) is 0 Å². The van der Waals surface area contributed by atoms with E-state index in [2.05, 4.69) is 9.85 Å². The van der Waals surface area contributed by atoms with Crippen LogP contribution in [0.3, 0.4) is 0 Å². The van der Waals surface area contributed by atoms with Gasteiger partial charge in [-0.05, 0) is 24.6 Å². The van der Waals surface area contributed by atoms with Gasteiger partial charge in [0.05, 0.1) is 7.11 Å². The van der Waals surface area contributed by atoms with Gasteiger partial charge in [0.25, 0.3) is 0 Å². The van der Waals surface area contributed by atoms with Crippen LogP contribution in [0, 0.1) is 11.3 Å². The molecule has 0 bridgehead atoms. The summed E-state index contributed by atoms with van der Waals surface area (Å²) in [6.07, 6.45) is -0.117. The number of carbonyl (C=O) groups excluding carboxylic acids is 2. The number of rotatable bonds is 5. The van der Waals surface area contributed by atoms with Crippen LogP contribution in [0.2, 0.25) is 0 Å². The highest BCUT2D eigenvalue weighted by atomic mass is 19.1. The number of carbonyl (C=O) groups is 2. The highest BCUT2D eigenvalue weighted by Crippen LogP contribution is 2.17. The zero-order valence-electron chi connectivity index (χ0n) is 10.1. The van der Waals surface area contributed by atoms with Crippen molar-refractivity contribution >= 4 is 11.8 Å². The number of hydrogen-bond acceptors (Lipinski definition) is 5. The fraction of sp³-hybridized carbons (Fsp3) is 0.333. The first-order chi connectivity index (χ1) is 8.43. The van der Waals surface area contributed by atoms with Gasteiger partial charge in [-0.3, -0.25) is 4.79 Å². The van der Waals surface area contributed by atoms with Crippen LogP contribution < -0.4 is 0 Å². The average molecular weight is 252 g/mol. The summed E-state index contributed by atoms with van der Waals surface area (Å²) in [6.45, 7) is 1.22. The number of Topliss-reactive ketones (excluding diaryl/α,β-unsaturated/α-hetero) is 1. The molecule has 6 heteroatoms. The monoisotopic (exact) mass is 252 g/mol. The summed E-state index contributed by atoms with van der Waals surface area (Å²) in [5.74, 6) is -1.87. The molecular formula is C12H13FN2O3. The maximum absolute atomic E-state index is 12.7. The van der Waals surface area contributed by atoms with E-state index in [9.17, 15) is 14.0 Å². The van der Waals surface area contributed by atoms with Crippen LogP contribution in [0.5, 0.6) is 0 Å². The van der Waals surface area contributed by atoms with E-state index < -0.39 is 23.1 Å². The van der Waals surface area contributed by atoms with Gasteiger partial charge in [0.15, 0.2) is 5.78 Å². The molecule has 1 aromatic carbocycles. The molecule has 0 spiro atoms. The number of nitrogens with zero attached hydrogens (tertiary/aromatic N) is 1. The Morgan fingerprint density at radius 2 is 1.94 bits per heavy atom. The molecule has 0 aliphatic heterocycles. The smallest absolute Gasteiger partial charge is 0.343 e. The maximum atomic E-state index is 12.7. The molecule has 0 saturated heterocycles. The van der Waals surface area contributed by atoms with E-state index in [1.165, 1.54) is 31.2 Å². The lowest BCUT2D eigenvalue weighted by atomic mass is 9.92. The standard InChI is InChI=1S/C12H13FN2O3/c1-12(15-14,11(17)18-2)10(16)7-8-3-5-9(13)6-4-8/h3-6,14H,7H2,1-2H3.